The van der Waals surface area contributed by atoms with Crippen molar-refractivity contribution in [2.75, 3.05) is 5.32 Å². The Bertz CT molecular complexity index is 1130. The second-order valence-corrected chi connectivity index (χ2v) is 8.07. The Morgan fingerprint density at radius 1 is 1.06 bits per heavy atom. The van der Waals surface area contributed by atoms with Gasteiger partial charge in [-0.1, -0.05) is 26.0 Å². The number of carbonyl (C=O) groups is 2. The van der Waals surface area contributed by atoms with Crippen LogP contribution in [-0.2, 0) is 11.4 Å². The van der Waals surface area contributed by atoms with Crippen LogP contribution in [0.1, 0.15) is 53.9 Å². The van der Waals surface area contributed by atoms with Gasteiger partial charge in [-0.3, -0.25) is 9.59 Å². The fourth-order valence-corrected chi connectivity index (χ4v) is 2.99. The van der Waals surface area contributed by atoms with E-state index in [9.17, 15) is 14.0 Å². The van der Waals surface area contributed by atoms with Crippen LogP contribution in [0.2, 0.25) is 0 Å². The van der Waals surface area contributed by atoms with Crippen LogP contribution >= 0.6 is 0 Å². The number of nitrogens with one attached hydrogen (secondary N) is 2. The van der Waals surface area contributed by atoms with Gasteiger partial charge >= 0.3 is 0 Å². The van der Waals surface area contributed by atoms with E-state index in [2.05, 4.69) is 20.6 Å². The smallest absolute Gasteiger partial charge is 0.253 e. The van der Waals surface area contributed by atoms with Crippen molar-refractivity contribution in [3.05, 3.63) is 82.9 Å². The summed E-state index contributed by atoms with van der Waals surface area (Å²) in [6.07, 6.45) is 3.04. The average Bonchev–Trinajstić information content (AvgIpc) is 2.79. The summed E-state index contributed by atoms with van der Waals surface area (Å²) in [5, 5.41) is 5.69. The zero-order chi connectivity index (χ0) is 24.0. The lowest BCUT2D eigenvalue weighted by Gasteiger charge is -2.16. The maximum Gasteiger partial charge on any atom is 0.253 e. The lowest BCUT2D eigenvalue weighted by atomic mass is 10.1. The molecule has 1 atom stereocenters. The van der Waals surface area contributed by atoms with Crippen LogP contribution in [-0.4, -0.2) is 21.8 Å². The Balaban J connectivity index is 1.62. The fourth-order valence-electron chi connectivity index (χ4n) is 2.99. The SMILES string of the molecule is Cc1cc(C(=O)NC(C)c2ccnc(NC(=O)C(C)C)c2)cnc1OCc1ccc(F)cc1. The Hall–Kier alpha value is -3.81. The van der Waals surface area contributed by atoms with Crippen LogP contribution in [0.4, 0.5) is 10.2 Å². The third-order valence-electron chi connectivity index (χ3n) is 4.99. The first-order valence-electron chi connectivity index (χ1n) is 10.6. The number of rotatable bonds is 8. The number of nitrogens with zero attached hydrogens (tertiary/aromatic N) is 2. The number of aromatic nitrogens is 2. The van der Waals surface area contributed by atoms with Gasteiger partial charge in [0, 0.05) is 23.9 Å². The molecule has 3 aromatic rings. The predicted octanol–water partition coefficient (Wildman–Crippen LogP) is 4.59. The molecule has 7 nitrogen and oxygen atoms in total. The number of anilines is 1. The van der Waals surface area contributed by atoms with Crippen molar-refractivity contribution in [3.8, 4) is 5.88 Å². The number of benzene rings is 1. The van der Waals surface area contributed by atoms with Crippen LogP contribution < -0.4 is 15.4 Å². The highest BCUT2D eigenvalue weighted by Crippen LogP contribution is 2.19. The average molecular weight is 451 g/mol. The van der Waals surface area contributed by atoms with Crippen molar-refractivity contribution in [2.45, 2.75) is 40.3 Å². The Kier molecular flexibility index (Phi) is 7.71. The van der Waals surface area contributed by atoms with Gasteiger partial charge in [0.25, 0.3) is 5.91 Å². The molecule has 0 bridgehead atoms. The van der Waals surface area contributed by atoms with E-state index in [0.717, 1.165) is 11.1 Å². The standard InChI is InChI=1S/C25H27FN4O3/c1-15(2)23(31)30-22-12-19(9-10-27-22)17(4)29-24(32)20-11-16(3)25(28-13-20)33-14-18-5-7-21(26)8-6-18/h5-13,15,17H,14H2,1-4H3,(H,29,32)(H,27,30,31). The lowest BCUT2D eigenvalue weighted by molar-refractivity contribution is -0.118. The quantitative estimate of drug-likeness (QED) is 0.524. The summed E-state index contributed by atoms with van der Waals surface area (Å²) in [6, 6.07) is 10.9. The highest BCUT2D eigenvalue weighted by molar-refractivity contribution is 5.94. The zero-order valence-electron chi connectivity index (χ0n) is 19.1. The van der Waals surface area contributed by atoms with Gasteiger partial charge in [0.15, 0.2) is 0 Å². The molecule has 0 radical (unpaired) electrons. The first-order valence-corrected chi connectivity index (χ1v) is 10.6. The molecule has 0 aliphatic heterocycles. The van der Waals surface area contributed by atoms with Gasteiger partial charge in [-0.2, -0.15) is 0 Å². The predicted molar refractivity (Wildman–Crippen MR) is 123 cm³/mol. The van der Waals surface area contributed by atoms with E-state index < -0.39 is 0 Å². The Morgan fingerprint density at radius 3 is 2.45 bits per heavy atom. The van der Waals surface area contributed by atoms with Crippen molar-refractivity contribution in [2.24, 2.45) is 5.92 Å². The van der Waals surface area contributed by atoms with Crippen molar-refractivity contribution in [1.82, 2.24) is 15.3 Å². The van der Waals surface area contributed by atoms with E-state index in [0.29, 0.717) is 22.8 Å². The largest absolute Gasteiger partial charge is 0.473 e. The molecule has 2 heterocycles. The van der Waals surface area contributed by atoms with Gasteiger partial charge in [0.1, 0.15) is 18.2 Å². The summed E-state index contributed by atoms with van der Waals surface area (Å²) in [5.74, 6) is -0.0321. The number of ether oxygens (including phenoxy) is 1. The molecule has 0 spiro atoms. The van der Waals surface area contributed by atoms with Crippen molar-refractivity contribution < 1.29 is 18.7 Å². The van der Waals surface area contributed by atoms with Gasteiger partial charge in [0.2, 0.25) is 11.8 Å². The molecular weight excluding hydrogens is 423 g/mol. The molecule has 1 aromatic carbocycles. The third-order valence-corrected chi connectivity index (χ3v) is 4.99. The first kappa shape index (κ1) is 23.8. The fraction of sp³-hybridized carbons (Fsp3) is 0.280. The molecule has 3 rings (SSSR count). The summed E-state index contributed by atoms with van der Waals surface area (Å²) in [5.41, 5.74) is 2.73. The maximum absolute atomic E-state index is 13.0. The van der Waals surface area contributed by atoms with E-state index in [-0.39, 0.29) is 36.2 Å². The molecular formula is C25H27FN4O3. The molecule has 33 heavy (non-hydrogen) atoms. The van der Waals surface area contributed by atoms with Gasteiger partial charge in [0.05, 0.1) is 11.6 Å². The van der Waals surface area contributed by atoms with Gasteiger partial charge in [-0.15, -0.1) is 0 Å². The van der Waals surface area contributed by atoms with Gasteiger partial charge in [-0.05, 0) is 55.3 Å². The molecule has 0 aliphatic carbocycles. The van der Waals surface area contributed by atoms with Crippen LogP contribution in [0.15, 0.2) is 54.9 Å². The number of hydrogen-bond acceptors (Lipinski definition) is 5. The van der Waals surface area contributed by atoms with Crippen molar-refractivity contribution in [3.63, 3.8) is 0 Å². The number of aryl methyl sites for hydroxylation is 1. The first-order chi connectivity index (χ1) is 15.7. The number of pyridine rings is 2. The molecule has 0 saturated carbocycles. The molecule has 0 aliphatic rings. The van der Waals surface area contributed by atoms with E-state index in [1.165, 1.54) is 18.3 Å². The van der Waals surface area contributed by atoms with Crippen LogP contribution in [0.25, 0.3) is 0 Å². The summed E-state index contributed by atoms with van der Waals surface area (Å²) >= 11 is 0. The van der Waals surface area contributed by atoms with E-state index in [4.69, 9.17) is 4.74 Å². The van der Waals surface area contributed by atoms with Gasteiger partial charge < -0.3 is 15.4 Å². The van der Waals surface area contributed by atoms with Crippen molar-refractivity contribution >= 4 is 17.6 Å². The zero-order valence-corrected chi connectivity index (χ0v) is 19.1. The van der Waals surface area contributed by atoms with Crippen molar-refractivity contribution in [1.29, 1.82) is 0 Å². The Labute approximate surface area is 192 Å². The summed E-state index contributed by atoms with van der Waals surface area (Å²) in [4.78, 5) is 33.1. The summed E-state index contributed by atoms with van der Waals surface area (Å²) in [6.45, 7) is 7.50. The summed E-state index contributed by atoms with van der Waals surface area (Å²) < 4.78 is 18.7. The van der Waals surface area contributed by atoms with E-state index >= 15 is 0 Å². The molecule has 2 aromatic heterocycles. The molecule has 1 unspecified atom stereocenters. The van der Waals surface area contributed by atoms with Gasteiger partial charge in [-0.25, -0.2) is 14.4 Å². The van der Waals surface area contributed by atoms with Crippen LogP contribution in [0.5, 0.6) is 5.88 Å². The molecule has 2 N–H and O–H groups in total. The highest BCUT2D eigenvalue weighted by atomic mass is 19.1. The number of amides is 2. The van der Waals surface area contributed by atoms with Crippen LogP contribution in [0, 0.1) is 18.7 Å². The second-order valence-electron chi connectivity index (χ2n) is 8.07. The monoisotopic (exact) mass is 450 g/mol. The number of halogens is 1. The lowest BCUT2D eigenvalue weighted by Crippen LogP contribution is -2.27. The highest BCUT2D eigenvalue weighted by Gasteiger charge is 2.15. The minimum absolute atomic E-state index is 0.125. The van der Waals surface area contributed by atoms with E-state index in [1.807, 2.05) is 6.92 Å². The molecule has 172 valence electrons. The van der Waals surface area contributed by atoms with E-state index in [1.54, 1.807) is 57.3 Å². The Morgan fingerprint density at radius 2 is 1.79 bits per heavy atom. The molecule has 0 saturated heterocycles. The topological polar surface area (TPSA) is 93.2 Å². The minimum atomic E-state index is -0.315. The summed E-state index contributed by atoms with van der Waals surface area (Å²) in [7, 11) is 0. The molecule has 0 fully saturated rings. The van der Waals surface area contributed by atoms with Crippen LogP contribution in [0.3, 0.4) is 0 Å². The molecule has 8 heteroatoms. The molecule has 2 amide bonds. The third kappa shape index (κ3) is 6.58. The second kappa shape index (κ2) is 10.7. The number of carbonyl (C=O) groups excluding carboxylic acids is 2. The number of hydrogen-bond donors (Lipinski definition) is 2. The maximum atomic E-state index is 13.0. The normalized spacial score (nSPS) is 11.7. The minimum Gasteiger partial charge on any atom is -0.473 e.